The monoisotopic (exact) mass is 373 g/mol. The largest absolute Gasteiger partial charge is 0.477 e. The fourth-order valence-corrected chi connectivity index (χ4v) is 2.37. The van der Waals surface area contributed by atoms with Gasteiger partial charge in [0.1, 0.15) is 18.9 Å². The summed E-state index contributed by atoms with van der Waals surface area (Å²) in [6.07, 6.45) is 1.17. The Kier molecular flexibility index (Phi) is 5.82. The number of nitrogens with zero attached hydrogens (tertiary/aromatic N) is 1. The van der Waals surface area contributed by atoms with Crippen molar-refractivity contribution in [2.75, 3.05) is 13.2 Å². The van der Waals surface area contributed by atoms with Crippen LogP contribution in [0.15, 0.2) is 23.1 Å². The van der Waals surface area contributed by atoms with E-state index in [1.54, 1.807) is 0 Å². The third kappa shape index (κ3) is 4.05. The minimum Gasteiger partial charge on any atom is -0.477 e. The Morgan fingerprint density at radius 2 is 1.88 bits per heavy atom. The summed E-state index contributed by atoms with van der Waals surface area (Å²) in [4.78, 5) is 34.2. The summed E-state index contributed by atoms with van der Waals surface area (Å²) in [5.41, 5.74) is -0.691. The molecule has 1 aromatic carbocycles. The minimum atomic E-state index is -1.36. The molecule has 0 saturated heterocycles. The fraction of sp³-hybridized carbons (Fsp3) is 0.267. The van der Waals surface area contributed by atoms with Crippen LogP contribution in [-0.4, -0.2) is 34.8 Å². The van der Waals surface area contributed by atoms with Gasteiger partial charge in [-0.15, -0.1) is 0 Å². The van der Waals surface area contributed by atoms with Crippen LogP contribution < -0.4 is 5.43 Å². The molecule has 0 amide bonds. The molecule has 7 nitrogen and oxygen atoms in total. The Bertz CT molecular complexity index is 861. The van der Waals surface area contributed by atoms with E-state index in [2.05, 4.69) is 0 Å². The van der Waals surface area contributed by atoms with Crippen LogP contribution in [-0.2, 0) is 21.0 Å². The predicted octanol–water partition coefficient (Wildman–Crippen LogP) is 2.54. The van der Waals surface area contributed by atoms with Crippen LogP contribution in [0.25, 0.3) is 10.9 Å². The molecule has 2 rings (SSSR count). The molecule has 0 aliphatic carbocycles. The number of benzene rings is 1. The molecule has 0 aliphatic rings. The van der Waals surface area contributed by atoms with Gasteiger partial charge in [-0.2, -0.15) is 0 Å². The molecule has 0 aliphatic heterocycles. The predicted molar refractivity (Wildman–Crippen MR) is 87.8 cm³/mol. The lowest BCUT2D eigenvalue weighted by molar-refractivity contribution is -0.142. The average molecular weight is 374 g/mol. The van der Waals surface area contributed by atoms with Gasteiger partial charge in [-0.1, -0.05) is 23.2 Å². The van der Waals surface area contributed by atoms with Gasteiger partial charge < -0.3 is 19.1 Å². The molecule has 0 saturated carbocycles. The zero-order valence-corrected chi connectivity index (χ0v) is 14.1. The number of halogens is 2. The number of hydrogen-bond donors (Lipinski definition) is 1. The number of pyridine rings is 1. The maximum atomic E-state index is 12.2. The van der Waals surface area contributed by atoms with Gasteiger partial charge in [0.25, 0.3) is 0 Å². The SMILES string of the molecule is CC(=O)OCCOCn1cc(C(=O)O)c(=O)c2cc(Cl)c(Cl)cc21. The second kappa shape index (κ2) is 7.65. The van der Waals surface area contributed by atoms with E-state index in [0.29, 0.717) is 5.52 Å². The molecule has 9 heteroatoms. The minimum absolute atomic E-state index is 0.0592. The summed E-state index contributed by atoms with van der Waals surface area (Å²) in [6.45, 7) is 1.39. The number of hydrogen-bond acceptors (Lipinski definition) is 5. The van der Waals surface area contributed by atoms with Gasteiger partial charge in [0.05, 0.1) is 22.2 Å². The summed E-state index contributed by atoms with van der Waals surface area (Å²) >= 11 is 11.9. The number of carboxylic acids is 1. The van der Waals surface area contributed by atoms with Gasteiger partial charge in [-0.3, -0.25) is 9.59 Å². The van der Waals surface area contributed by atoms with Crippen LogP contribution in [0.4, 0.5) is 0 Å². The number of aromatic carboxylic acids is 1. The maximum absolute atomic E-state index is 12.2. The Balaban J connectivity index is 2.38. The lowest BCUT2D eigenvalue weighted by Crippen LogP contribution is -2.20. The molecule has 1 heterocycles. The lowest BCUT2D eigenvalue weighted by Gasteiger charge is -2.13. The third-order valence-electron chi connectivity index (χ3n) is 3.12. The Hall–Kier alpha value is -2.09. The summed E-state index contributed by atoms with van der Waals surface area (Å²) in [7, 11) is 0. The van der Waals surface area contributed by atoms with Gasteiger partial charge in [0.2, 0.25) is 5.43 Å². The van der Waals surface area contributed by atoms with Crippen LogP contribution >= 0.6 is 23.2 Å². The van der Waals surface area contributed by atoms with Crippen molar-refractivity contribution in [1.29, 1.82) is 0 Å². The molecular weight excluding hydrogens is 361 g/mol. The molecule has 1 N–H and O–H groups in total. The van der Waals surface area contributed by atoms with Crippen molar-refractivity contribution in [2.24, 2.45) is 0 Å². The molecule has 0 atom stereocenters. The highest BCUT2D eigenvalue weighted by Gasteiger charge is 2.16. The fourth-order valence-electron chi connectivity index (χ4n) is 2.05. The summed E-state index contributed by atoms with van der Waals surface area (Å²) in [5.74, 6) is -1.79. The average Bonchev–Trinajstić information content (AvgIpc) is 2.50. The van der Waals surface area contributed by atoms with Gasteiger partial charge in [0, 0.05) is 18.5 Å². The lowest BCUT2D eigenvalue weighted by atomic mass is 10.1. The number of carbonyl (C=O) groups excluding carboxylic acids is 1. The van der Waals surface area contributed by atoms with Crippen LogP contribution in [0.2, 0.25) is 10.0 Å². The number of carbonyl (C=O) groups is 2. The van der Waals surface area contributed by atoms with E-state index in [9.17, 15) is 19.5 Å². The topological polar surface area (TPSA) is 94.8 Å². The first-order valence-corrected chi connectivity index (χ1v) is 7.53. The molecule has 0 fully saturated rings. The van der Waals surface area contributed by atoms with Crippen LogP contribution in [0.5, 0.6) is 0 Å². The number of ether oxygens (including phenoxy) is 2. The van der Waals surface area contributed by atoms with E-state index in [-0.39, 0.29) is 35.4 Å². The quantitative estimate of drug-likeness (QED) is 0.617. The van der Waals surface area contributed by atoms with E-state index in [1.807, 2.05) is 0 Å². The first-order chi connectivity index (χ1) is 11.3. The van der Waals surface area contributed by atoms with Gasteiger partial charge in [-0.05, 0) is 12.1 Å². The molecular formula is C15H13Cl2NO6. The van der Waals surface area contributed by atoms with E-state index < -0.39 is 22.9 Å². The van der Waals surface area contributed by atoms with E-state index in [4.69, 9.17) is 32.7 Å². The highest BCUT2D eigenvalue weighted by Crippen LogP contribution is 2.26. The second-order valence-corrected chi connectivity index (χ2v) is 5.62. The molecule has 128 valence electrons. The molecule has 24 heavy (non-hydrogen) atoms. The summed E-state index contributed by atoms with van der Waals surface area (Å²) < 4.78 is 11.5. The van der Waals surface area contributed by atoms with E-state index in [0.717, 1.165) is 0 Å². The first kappa shape index (κ1) is 18.3. The first-order valence-electron chi connectivity index (χ1n) is 6.78. The molecule has 0 bridgehead atoms. The summed E-state index contributed by atoms with van der Waals surface area (Å²) in [5, 5.41) is 9.66. The Morgan fingerprint density at radius 1 is 1.21 bits per heavy atom. The van der Waals surface area contributed by atoms with Gasteiger partial charge in [0.15, 0.2) is 0 Å². The molecule has 2 aromatic rings. The number of carboxylic acid groups (broad SMARTS) is 1. The highest BCUT2D eigenvalue weighted by molar-refractivity contribution is 6.42. The van der Waals surface area contributed by atoms with Crippen LogP contribution in [0.3, 0.4) is 0 Å². The molecule has 0 spiro atoms. The van der Waals surface area contributed by atoms with E-state index in [1.165, 1.54) is 29.8 Å². The zero-order chi connectivity index (χ0) is 17.9. The summed E-state index contributed by atoms with van der Waals surface area (Å²) in [6, 6.07) is 2.78. The Morgan fingerprint density at radius 3 is 2.50 bits per heavy atom. The zero-order valence-electron chi connectivity index (χ0n) is 12.5. The number of rotatable bonds is 6. The van der Waals surface area contributed by atoms with Crippen molar-refractivity contribution in [1.82, 2.24) is 4.57 Å². The Labute approximate surface area is 146 Å². The standard InChI is InChI=1S/C15H13Cl2NO6/c1-8(19)24-3-2-23-7-18-6-10(15(21)22)14(20)9-4-11(16)12(17)5-13(9)18/h4-6H,2-3,7H2,1H3,(H,21,22). The van der Waals surface area contributed by atoms with Crippen LogP contribution in [0.1, 0.15) is 17.3 Å². The number of aromatic nitrogens is 1. The van der Waals surface area contributed by atoms with Crippen molar-refractivity contribution in [3.63, 3.8) is 0 Å². The van der Waals surface area contributed by atoms with Gasteiger partial charge in [-0.25, -0.2) is 4.79 Å². The van der Waals surface area contributed by atoms with Crippen molar-refractivity contribution < 1.29 is 24.2 Å². The van der Waals surface area contributed by atoms with Crippen molar-refractivity contribution in [3.05, 3.63) is 44.2 Å². The van der Waals surface area contributed by atoms with Crippen LogP contribution in [0, 0.1) is 0 Å². The van der Waals surface area contributed by atoms with Crippen molar-refractivity contribution in [3.8, 4) is 0 Å². The smallest absolute Gasteiger partial charge is 0.341 e. The normalized spacial score (nSPS) is 10.8. The molecule has 1 aromatic heterocycles. The maximum Gasteiger partial charge on any atom is 0.341 e. The molecule has 0 radical (unpaired) electrons. The molecule has 0 unspecified atom stereocenters. The number of fused-ring (bicyclic) bond motifs is 1. The van der Waals surface area contributed by atoms with E-state index >= 15 is 0 Å². The van der Waals surface area contributed by atoms with Gasteiger partial charge >= 0.3 is 11.9 Å². The third-order valence-corrected chi connectivity index (χ3v) is 3.84. The van der Waals surface area contributed by atoms with Crippen molar-refractivity contribution in [2.45, 2.75) is 13.7 Å². The second-order valence-electron chi connectivity index (χ2n) is 4.81. The number of esters is 1. The van der Waals surface area contributed by atoms with Crippen molar-refractivity contribution >= 4 is 46.0 Å². The highest BCUT2D eigenvalue weighted by atomic mass is 35.5.